The molecule has 33 heavy (non-hydrogen) atoms. The third kappa shape index (κ3) is 6.79. The summed E-state index contributed by atoms with van der Waals surface area (Å²) < 4.78 is 19.1. The Bertz CT molecular complexity index is 1140. The van der Waals surface area contributed by atoms with Crippen LogP contribution >= 0.6 is 0 Å². The number of amides is 1. The topological polar surface area (TPSA) is 119 Å². The Balaban J connectivity index is 0.00000385. The molecule has 0 heterocycles. The smallest absolute Gasteiger partial charge is 0.550 e. The van der Waals surface area contributed by atoms with Gasteiger partial charge in [0.15, 0.2) is 0 Å². The summed E-state index contributed by atoms with van der Waals surface area (Å²) in [6, 6.07) is 12.9. The zero-order valence-electron chi connectivity index (χ0n) is 18.4. The monoisotopic (exact) mass is 461 g/mol. The number of hydrogen-bond acceptors (Lipinski definition) is 6. The molecule has 166 valence electrons. The summed E-state index contributed by atoms with van der Waals surface area (Å²) in [5.74, 6) is -1.91. The Morgan fingerprint density at radius 2 is 1.67 bits per heavy atom. The van der Waals surface area contributed by atoms with Gasteiger partial charge in [0.2, 0.25) is 5.91 Å². The molecule has 3 N–H and O–H groups in total. The molecule has 0 aliphatic rings. The van der Waals surface area contributed by atoms with Crippen molar-refractivity contribution in [3.05, 3.63) is 82.7 Å². The zero-order chi connectivity index (χ0) is 23.4. The third-order valence-electron chi connectivity index (χ3n) is 4.75. The van der Waals surface area contributed by atoms with Crippen molar-refractivity contribution in [1.29, 1.82) is 0 Å². The van der Waals surface area contributed by atoms with E-state index in [2.05, 4.69) is 5.32 Å². The number of halogens is 1. The molecule has 1 unspecified atom stereocenters. The Kier molecular flexibility index (Phi) is 9.01. The number of aryl methyl sites for hydroxylation is 2. The van der Waals surface area contributed by atoms with Crippen LogP contribution in [0.25, 0.3) is 0 Å². The number of anilines is 1. The number of ether oxygens (including phenoxy) is 1. The minimum Gasteiger partial charge on any atom is -0.550 e. The third-order valence-corrected chi connectivity index (χ3v) is 4.75. The number of benzene rings is 3. The van der Waals surface area contributed by atoms with Crippen LogP contribution < -0.4 is 44.7 Å². The molecular weight excluding hydrogens is 440 g/mol. The Morgan fingerprint density at radius 3 is 2.24 bits per heavy atom. The van der Waals surface area contributed by atoms with E-state index in [0.29, 0.717) is 33.9 Å². The number of aromatic hydroxyl groups is 1. The summed E-state index contributed by atoms with van der Waals surface area (Å²) in [5.41, 5.74) is 2.35. The van der Waals surface area contributed by atoms with Crippen molar-refractivity contribution in [2.75, 3.05) is 5.32 Å². The average molecular weight is 461 g/mol. The van der Waals surface area contributed by atoms with Crippen LogP contribution in [0.4, 0.5) is 10.1 Å². The van der Waals surface area contributed by atoms with Crippen molar-refractivity contribution in [2.45, 2.75) is 26.4 Å². The summed E-state index contributed by atoms with van der Waals surface area (Å²) in [6.07, 6.45) is -1.94. The van der Waals surface area contributed by atoms with Crippen molar-refractivity contribution in [3.8, 4) is 17.2 Å². The number of phenolic OH excluding ortho intramolecular Hbond substituents is 1. The van der Waals surface area contributed by atoms with Crippen LogP contribution in [0.1, 0.15) is 34.8 Å². The number of aliphatic hydroxyl groups excluding tert-OH is 1. The fraction of sp³-hybridized carbons (Fsp3) is 0.167. The first-order chi connectivity index (χ1) is 15.1. The van der Waals surface area contributed by atoms with Gasteiger partial charge in [-0.2, -0.15) is 0 Å². The molecule has 0 saturated carbocycles. The minimum atomic E-state index is -1.47. The minimum absolute atomic E-state index is 0. The normalized spacial score (nSPS) is 11.3. The molecule has 9 heteroatoms. The van der Waals surface area contributed by atoms with Crippen molar-refractivity contribution in [2.24, 2.45) is 0 Å². The van der Waals surface area contributed by atoms with Crippen molar-refractivity contribution >= 4 is 17.6 Å². The first-order valence-corrected chi connectivity index (χ1v) is 9.69. The van der Waals surface area contributed by atoms with Crippen molar-refractivity contribution in [1.82, 2.24) is 0 Å². The van der Waals surface area contributed by atoms with Gasteiger partial charge in [-0.15, -0.1) is 0 Å². The van der Waals surface area contributed by atoms with Gasteiger partial charge in [-0.05, 0) is 73.0 Å². The van der Waals surface area contributed by atoms with E-state index in [4.69, 9.17) is 4.74 Å². The van der Waals surface area contributed by atoms with Crippen LogP contribution in [0.15, 0.2) is 54.6 Å². The second kappa shape index (κ2) is 11.3. The second-order valence-corrected chi connectivity index (χ2v) is 7.31. The first-order valence-electron chi connectivity index (χ1n) is 9.69. The van der Waals surface area contributed by atoms with Crippen LogP contribution in [-0.4, -0.2) is 22.1 Å². The van der Waals surface area contributed by atoms with E-state index < -0.39 is 30.2 Å². The number of nitrogens with one attached hydrogen (secondary N) is 1. The van der Waals surface area contributed by atoms with E-state index in [9.17, 15) is 29.3 Å². The second-order valence-electron chi connectivity index (χ2n) is 7.31. The summed E-state index contributed by atoms with van der Waals surface area (Å²) in [7, 11) is 0. The standard InChI is InChI=1S/C24H22FNO6.Na/c1-13-9-17(26-21(28)12-22(29)30)10-14(2)24(13)32-18-7-8-20(27)19(11-18)23(31)15-3-5-16(25)6-4-15;/h3-11,23,27,31H,12H2,1-2H3,(H,26,28)(H,29,30);/q;+1/p-1. The molecule has 0 aliphatic carbocycles. The SMILES string of the molecule is Cc1cc(NC(=O)CC(=O)[O-])cc(C)c1Oc1ccc(O)c(C(O)c2ccc(F)cc2)c1.[Na+]. The fourth-order valence-corrected chi connectivity index (χ4v) is 3.28. The maximum Gasteiger partial charge on any atom is 1.00 e. The van der Waals surface area contributed by atoms with Crippen LogP contribution in [0.3, 0.4) is 0 Å². The van der Waals surface area contributed by atoms with Crippen LogP contribution in [0.2, 0.25) is 0 Å². The molecule has 3 aromatic rings. The van der Waals surface area contributed by atoms with Crippen LogP contribution in [-0.2, 0) is 9.59 Å². The van der Waals surface area contributed by atoms with Crippen LogP contribution in [0.5, 0.6) is 17.2 Å². The van der Waals surface area contributed by atoms with Gasteiger partial charge in [0, 0.05) is 11.3 Å². The predicted molar refractivity (Wildman–Crippen MR) is 113 cm³/mol. The number of aliphatic hydroxyl groups is 1. The molecule has 0 radical (unpaired) electrons. The molecule has 0 fully saturated rings. The van der Waals surface area contributed by atoms with Crippen LogP contribution in [0, 0.1) is 19.7 Å². The summed E-state index contributed by atoms with van der Waals surface area (Å²) >= 11 is 0. The molecule has 1 amide bonds. The van der Waals surface area contributed by atoms with Gasteiger partial charge in [-0.1, -0.05) is 12.1 Å². The number of carbonyl (C=O) groups excluding carboxylic acids is 2. The van der Waals surface area contributed by atoms with Crippen molar-refractivity contribution in [3.63, 3.8) is 0 Å². The molecule has 1 atom stereocenters. The molecule has 0 aliphatic heterocycles. The summed E-state index contributed by atoms with van der Waals surface area (Å²) in [4.78, 5) is 22.2. The molecule has 7 nitrogen and oxygen atoms in total. The molecule has 0 aromatic heterocycles. The summed E-state index contributed by atoms with van der Waals surface area (Å²) in [5, 5.41) is 33.9. The van der Waals surface area contributed by atoms with Gasteiger partial charge in [0.05, 0.1) is 12.4 Å². The van der Waals surface area contributed by atoms with E-state index in [-0.39, 0.29) is 40.9 Å². The number of hydrogen-bond donors (Lipinski definition) is 3. The maximum absolute atomic E-state index is 13.2. The zero-order valence-corrected chi connectivity index (χ0v) is 20.4. The fourth-order valence-electron chi connectivity index (χ4n) is 3.28. The van der Waals surface area contributed by atoms with Gasteiger partial charge in [-0.25, -0.2) is 4.39 Å². The van der Waals surface area contributed by atoms with E-state index in [0.717, 1.165) is 0 Å². The number of phenols is 1. The molecule has 0 bridgehead atoms. The molecular formula is C24H21FNNaO6. The average Bonchev–Trinajstić information content (AvgIpc) is 2.71. The molecule has 3 aromatic carbocycles. The van der Waals surface area contributed by atoms with Gasteiger partial charge in [0.1, 0.15) is 29.2 Å². The summed E-state index contributed by atoms with van der Waals surface area (Å²) in [6.45, 7) is 3.51. The van der Waals surface area contributed by atoms with E-state index >= 15 is 0 Å². The maximum atomic E-state index is 13.2. The number of aliphatic carboxylic acids is 1. The van der Waals surface area contributed by atoms with Gasteiger partial charge in [-0.3, -0.25) is 4.79 Å². The Morgan fingerprint density at radius 1 is 1.06 bits per heavy atom. The molecule has 0 spiro atoms. The predicted octanol–water partition coefficient (Wildman–Crippen LogP) is 0.105. The molecule has 0 saturated heterocycles. The van der Waals surface area contributed by atoms with E-state index in [1.54, 1.807) is 26.0 Å². The quantitative estimate of drug-likeness (QED) is 0.339. The number of rotatable bonds is 7. The van der Waals surface area contributed by atoms with Gasteiger partial charge >= 0.3 is 29.6 Å². The van der Waals surface area contributed by atoms with Crippen molar-refractivity contribution < 1.29 is 63.6 Å². The Hall–Kier alpha value is -2.91. The van der Waals surface area contributed by atoms with Gasteiger partial charge in [0.25, 0.3) is 0 Å². The largest absolute Gasteiger partial charge is 1.00 e. The van der Waals surface area contributed by atoms with Gasteiger partial charge < -0.3 is 30.2 Å². The molecule has 3 rings (SSSR count). The number of carboxylic acid groups (broad SMARTS) is 1. The van der Waals surface area contributed by atoms with E-state index in [1.165, 1.54) is 42.5 Å². The number of carboxylic acids is 1. The first kappa shape index (κ1) is 26.3. The Labute approximate surface area is 212 Å². The number of carbonyl (C=O) groups is 2. The van der Waals surface area contributed by atoms with E-state index in [1.807, 2.05) is 0 Å².